The molecule has 4 aromatic rings. The summed E-state index contributed by atoms with van der Waals surface area (Å²) in [6.07, 6.45) is 0. The molecule has 0 aliphatic rings. The van der Waals surface area contributed by atoms with E-state index in [2.05, 4.69) is 9.88 Å². The monoisotopic (exact) mass is 409 g/mol. The quantitative estimate of drug-likeness (QED) is 0.484. The van der Waals surface area contributed by atoms with Gasteiger partial charge in [0.25, 0.3) is 5.91 Å². The molecule has 4 rings (SSSR count). The van der Waals surface area contributed by atoms with Crippen molar-refractivity contribution in [1.82, 2.24) is 14.9 Å². The third-order valence-electron chi connectivity index (χ3n) is 4.51. The number of para-hydroxylation sites is 2. The van der Waals surface area contributed by atoms with Crippen LogP contribution in [-0.2, 0) is 13.1 Å². The molecule has 0 aliphatic carbocycles. The van der Waals surface area contributed by atoms with Crippen LogP contribution in [0, 0.1) is 0 Å². The summed E-state index contributed by atoms with van der Waals surface area (Å²) in [5, 5.41) is 4.05. The van der Waals surface area contributed by atoms with Crippen molar-refractivity contribution in [2.24, 2.45) is 0 Å². The predicted octanol–water partition coefficient (Wildman–Crippen LogP) is 5.32. The van der Waals surface area contributed by atoms with E-state index in [4.69, 9.17) is 28.2 Å². The summed E-state index contributed by atoms with van der Waals surface area (Å²) in [4.78, 5) is 17.2. The molecule has 1 amide bonds. The van der Waals surface area contributed by atoms with Gasteiger partial charge in [0.2, 0.25) is 0 Å². The Morgan fingerprint density at radius 3 is 2.43 bits per heavy atom. The SMILES string of the molecule is O=C(NCc1nc2ccccc2n1Cc1ccc(Cl)cc1)c1ccccc1Cl. The lowest BCUT2D eigenvalue weighted by molar-refractivity contribution is 0.0949. The number of carbonyl (C=O) groups excluding carboxylic acids is 1. The molecule has 6 heteroatoms. The van der Waals surface area contributed by atoms with Crippen molar-refractivity contribution in [2.75, 3.05) is 0 Å². The van der Waals surface area contributed by atoms with Gasteiger partial charge in [0.1, 0.15) is 5.82 Å². The first kappa shape index (κ1) is 18.5. The average Bonchev–Trinajstić information content (AvgIpc) is 3.06. The van der Waals surface area contributed by atoms with Gasteiger partial charge in [0.05, 0.1) is 28.2 Å². The molecule has 140 valence electrons. The number of hydrogen-bond donors (Lipinski definition) is 1. The molecule has 1 aromatic heterocycles. The maximum absolute atomic E-state index is 12.5. The van der Waals surface area contributed by atoms with Gasteiger partial charge in [0.15, 0.2) is 0 Å². The topological polar surface area (TPSA) is 46.9 Å². The van der Waals surface area contributed by atoms with Crippen molar-refractivity contribution < 1.29 is 4.79 Å². The highest BCUT2D eigenvalue weighted by molar-refractivity contribution is 6.33. The van der Waals surface area contributed by atoms with Crippen molar-refractivity contribution in [3.05, 3.63) is 99.8 Å². The van der Waals surface area contributed by atoms with E-state index in [1.165, 1.54) is 0 Å². The Hall–Kier alpha value is -2.82. The molecular formula is C22H17Cl2N3O. The lowest BCUT2D eigenvalue weighted by atomic mass is 10.2. The Bertz CT molecular complexity index is 1140. The van der Waals surface area contributed by atoms with Crippen LogP contribution in [0.4, 0.5) is 0 Å². The second kappa shape index (κ2) is 8.05. The molecule has 4 nitrogen and oxygen atoms in total. The first-order valence-corrected chi connectivity index (χ1v) is 9.59. The van der Waals surface area contributed by atoms with Crippen molar-refractivity contribution in [2.45, 2.75) is 13.1 Å². The third kappa shape index (κ3) is 3.88. The smallest absolute Gasteiger partial charge is 0.253 e. The van der Waals surface area contributed by atoms with E-state index in [0.717, 1.165) is 22.4 Å². The maximum Gasteiger partial charge on any atom is 0.253 e. The fourth-order valence-corrected chi connectivity index (χ4v) is 3.46. The molecule has 0 fully saturated rings. The van der Waals surface area contributed by atoms with Gasteiger partial charge in [-0.3, -0.25) is 4.79 Å². The van der Waals surface area contributed by atoms with Gasteiger partial charge in [-0.2, -0.15) is 0 Å². The molecule has 0 saturated heterocycles. The van der Waals surface area contributed by atoms with Crippen LogP contribution < -0.4 is 5.32 Å². The number of amides is 1. The summed E-state index contributed by atoms with van der Waals surface area (Å²) in [6.45, 7) is 0.932. The first-order valence-electron chi connectivity index (χ1n) is 8.83. The van der Waals surface area contributed by atoms with Crippen LogP contribution in [0.5, 0.6) is 0 Å². The maximum atomic E-state index is 12.5. The molecule has 0 radical (unpaired) electrons. The second-order valence-corrected chi connectivity index (χ2v) is 7.24. The Morgan fingerprint density at radius 2 is 1.64 bits per heavy atom. The number of aromatic nitrogens is 2. The highest BCUT2D eigenvalue weighted by atomic mass is 35.5. The summed E-state index contributed by atoms with van der Waals surface area (Å²) in [5.41, 5.74) is 3.45. The fourth-order valence-electron chi connectivity index (χ4n) is 3.11. The highest BCUT2D eigenvalue weighted by Crippen LogP contribution is 2.20. The number of hydrogen-bond acceptors (Lipinski definition) is 2. The van der Waals surface area contributed by atoms with E-state index in [1.54, 1.807) is 24.3 Å². The Labute approximate surface area is 172 Å². The summed E-state index contributed by atoms with van der Waals surface area (Å²) in [6, 6.07) is 22.6. The number of fused-ring (bicyclic) bond motifs is 1. The number of carbonyl (C=O) groups is 1. The summed E-state index contributed by atoms with van der Waals surface area (Å²) >= 11 is 12.1. The van der Waals surface area contributed by atoms with Crippen LogP contribution >= 0.6 is 23.2 Å². The zero-order valence-corrected chi connectivity index (χ0v) is 16.4. The second-order valence-electron chi connectivity index (χ2n) is 6.39. The zero-order valence-electron chi connectivity index (χ0n) is 14.9. The molecule has 0 atom stereocenters. The average molecular weight is 410 g/mol. The van der Waals surface area contributed by atoms with Gasteiger partial charge in [-0.05, 0) is 42.0 Å². The molecule has 0 spiro atoms. The summed E-state index contributed by atoms with van der Waals surface area (Å²) in [7, 11) is 0. The molecule has 1 heterocycles. The number of rotatable bonds is 5. The molecule has 28 heavy (non-hydrogen) atoms. The van der Waals surface area contributed by atoms with Crippen molar-refractivity contribution >= 4 is 40.1 Å². The number of halogens is 2. The van der Waals surface area contributed by atoms with Crippen molar-refractivity contribution in [3.63, 3.8) is 0 Å². The zero-order chi connectivity index (χ0) is 19.5. The molecule has 3 aromatic carbocycles. The van der Waals surface area contributed by atoms with E-state index in [-0.39, 0.29) is 5.91 Å². The van der Waals surface area contributed by atoms with E-state index in [9.17, 15) is 4.79 Å². The van der Waals surface area contributed by atoms with Gasteiger partial charge >= 0.3 is 0 Å². The minimum absolute atomic E-state index is 0.226. The van der Waals surface area contributed by atoms with Crippen molar-refractivity contribution in [1.29, 1.82) is 0 Å². The molecule has 0 unspecified atom stereocenters. The molecule has 1 N–H and O–H groups in total. The van der Waals surface area contributed by atoms with E-state index in [0.29, 0.717) is 28.7 Å². The van der Waals surface area contributed by atoms with Crippen molar-refractivity contribution in [3.8, 4) is 0 Å². The number of nitrogens with one attached hydrogen (secondary N) is 1. The Balaban J connectivity index is 1.62. The molecule has 0 saturated carbocycles. The summed E-state index contributed by atoms with van der Waals surface area (Å²) in [5.74, 6) is 0.548. The largest absolute Gasteiger partial charge is 0.345 e. The van der Waals surface area contributed by atoms with Crippen LogP contribution in [0.15, 0.2) is 72.8 Å². The van der Waals surface area contributed by atoms with Crippen LogP contribution in [0.2, 0.25) is 10.0 Å². The lowest BCUT2D eigenvalue weighted by Gasteiger charge is -2.11. The first-order chi connectivity index (χ1) is 13.6. The van der Waals surface area contributed by atoms with Gasteiger partial charge < -0.3 is 9.88 Å². The van der Waals surface area contributed by atoms with E-state index < -0.39 is 0 Å². The molecule has 0 aliphatic heterocycles. The standard InChI is InChI=1S/C22H17Cl2N3O/c23-16-11-9-15(10-12-16)14-27-20-8-4-3-7-19(20)26-21(27)13-25-22(28)17-5-1-2-6-18(17)24/h1-12H,13-14H2,(H,25,28). The molecule has 0 bridgehead atoms. The molecular weight excluding hydrogens is 393 g/mol. The predicted molar refractivity (Wildman–Crippen MR) is 113 cm³/mol. The number of benzene rings is 3. The van der Waals surface area contributed by atoms with E-state index in [1.807, 2.05) is 48.5 Å². The normalized spacial score (nSPS) is 10.9. The van der Waals surface area contributed by atoms with Gasteiger partial charge in [-0.1, -0.05) is 59.6 Å². The fraction of sp³-hybridized carbons (Fsp3) is 0.0909. The van der Waals surface area contributed by atoms with Crippen LogP contribution in [-0.4, -0.2) is 15.5 Å². The van der Waals surface area contributed by atoms with Crippen LogP contribution in [0.25, 0.3) is 11.0 Å². The highest BCUT2D eigenvalue weighted by Gasteiger charge is 2.14. The van der Waals surface area contributed by atoms with Gasteiger partial charge in [-0.25, -0.2) is 4.98 Å². The van der Waals surface area contributed by atoms with E-state index >= 15 is 0 Å². The van der Waals surface area contributed by atoms with Crippen LogP contribution in [0.3, 0.4) is 0 Å². The lowest BCUT2D eigenvalue weighted by Crippen LogP contribution is -2.25. The number of imidazole rings is 1. The minimum atomic E-state index is -0.226. The van der Waals surface area contributed by atoms with Gasteiger partial charge in [-0.15, -0.1) is 0 Å². The Kier molecular flexibility index (Phi) is 5.33. The van der Waals surface area contributed by atoms with Gasteiger partial charge in [0, 0.05) is 11.6 Å². The number of nitrogens with zero attached hydrogens (tertiary/aromatic N) is 2. The summed E-state index contributed by atoms with van der Waals surface area (Å²) < 4.78 is 2.10. The Morgan fingerprint density at radius 1 is 0.929 bits per heavy atom. The van der Waals surface area contributed by atoms with Crippen LogP contribution in [0.1, 0.15) is 21.7 Å². The minimum Gasteiger partial charge on any atom is -0.345 e. The third-order valence-corrected chi connectivity index (χ3v) is 5.09.